The monoisotopic (exact) mass is 312 g/mol. The van der Waals surface area contributed by atoms with Gasteiger partial charge in [0.05, 0.1) is 5.75 Å². The van der Waals surface area contributed by atoms with Crippen molar-refractivity contribution < 1.29 is 22.7 Å². The first kappa shape index (κ1) is 15.4. The fourth-order valence-electron chi connectivity index (χ4n) is 1.62. The summed E-state index contributed by atoms with van der Waals surface area (Å²) in [6.45, 7) is 0. The van der Waals surface area contributed by atoms with Crippen molar-refractivity contribution in [2.24, 2.45) is 0 Å². The quantitative estimate of drug-likeness (QED) is 0.598. The number of carbonyl (C=O) groups excluding carboxylic acids is 1. The molecule has 2 nitrogen and oxygen atoms in total. The number of benzene rings is 2. The van der Waals surface area contributed by atoms with Gasteiger partial charge in [-0.15, -0.1) is 24.9 Å². The summed E-state index contributed by atoms with van der Waals surface area (Å²) in [5, 5.41) is 0. The smallest absolute Gasteiger partial charge is 0.406 e. The second kappa shape index (κ2) is 6.67. The van der Waals surface area contributed by atoms with Crippen LogP contribution in [0.25, 0.3) is 0 Å². The van der Waals surface area contributed by atoms with Gasteiger partial charge >= 0.3 is 6.36 Å². The number of ketones is 1. The molecule has 0 spiro atoms. The van der Waals surface area contributed by atoms with Crippen molar-refractivity contribution in [3.05, 3.63) is 60.2 Å². The molecule has 0 saturated carbocycles. The highest BCUT2D eigenvalue weighted by atomic mass is 32.2. The summed E-state index contributed by atoms with van der Waals surface area (Å²) in [6.07, 6.45) is -4.76. The van der Waals surface area contributed by atoms with Gasteiger partial charge in [-0.25, -0.2) is 0 Å². The second-order valence-corrected chi connectivity index (χ2v) is 5.15. The largest absolute Gasteiger partial charge is 0.573 e. The summed E-state index contributed by atoms with van der Waals surface area (Å²) in [7, 11) is 0. The van der Waals surface area contributed by atoms with Crippen LogP contribution >= 0.6 is 11.8 Å². The van der Waals surface area contributed by atoms with Crippen LogP contribution < -0.4 is 4.74 Å². The van der Waals surface area contributed by atoms with Gasteiger partial charge in [0, 0.05) is 10.5 Å². The fourth-order valence-corrected chi connectivity index (χ4v) is 2.43. The zero-order valence-corrected chi connectivity index (χ0v) is 11.6. The Labute approximate surface area is 123 Å². The lowest BCUT2D eigenvalue weighted by molar-refractivity contribution is -0.274. The summed E-state index contributed by atoms with van der Waals surface area (Å²) in [6, 6.07) is 14.4. The van der Waals surface area contributed by atoms with Gasteiger partial charge in [-0.05, 0) is 24.3 Å². The van der Waals surface area contributed by atoms with E-state index in [0.717, 1.165) is 17.0 Å². The summed E-state index contributed by atoms with van der Waals surface area (Å²) >= 11 is 1.33. The molecule has 0 aliphatic carbocycles. The van der Waals surface area contributed by atoms with Crippen molar-refractivity contribution in [1.29, 1.82) is 0 Å². The highest BCUT2D eigenvalue weighted by molar-refractivity contribution is 8.00. The van der Waals surface area contributed by atoms with Crippen molar-refractivity contribution in [3.63, 3.8) is 0 Å². The van der Waals surface area contributed by atoms with Gasteiger partial charge in [-0.2, -0.15) is 0 Å². The summed E-state index contributed by atoms with van der Waals surface area (Å²) in [5.41, 5.74) is 0.195. The molecule has 0 N–H and O–H groups in total. The van der Waals surface area contributed by atoms with Gasteiger partial charge in [0.25, 0.3) is 0 Å². The minimum Gasteiger partial charge on any atom is -0.406 e. The summed E-state index contributed by atoms with van der Waals surface area (Å²) < 4.78 is 40.2. The first-order chi connectivity index (χ1) is 9.94. The highest BCUT2D eigenvalue weighted by Crippen LogP contribution is 2.24. The zero-order valence-electron chi connectivity index (χ0n) is 10.8. The van der Waals surface area contributed by atoms with Crippen LogP contribution in [0.4, 0.5) is 13.2 Å². The van der Waals surface area contributed by atoms with E-state index in [4.69, 9.17) is 0 Å². The molecular formula is C15H11F3O2S. The Morgan fingerprint density at radius 3 is 2.43 bits per heavy atom. The average molecular weight is 312 g/mol. The first-order valence-corrected chi connectivity index (χ1v) is 6.99. The van der Waals surface area contributed by atoms with Crippen LogP contribution in [0.2, 0.25) is 0 Å². The Bertz CT molecular complexity index is 612. The van der Waals surface area contributed by atoms with Crippen molar-refractivity contribution in [2.75, 3.05) is 5.75 Å². The number of hydrogen-bond donors (Lipinski definition) is 0. The lowest BCUT2D eigenvalue weighted by atomic mass is 10.1. The Kier molecular flexibility index (Phi) is 4.90. The topological polar surface area (TPSA) is 26.3 Å². The molecule has 0 bridgehead atoms. The molecule has 0 atom stereocenters. The minimum atomic E-state index is -4.76. The molecule has 2 aromatic rings. The molecule has 6 heteroatoms. The van der Waals surface area contributed by atoms with Crippen LogP contribution in [-0.4, -0.2) is 17.9 Å². The molecule has 21 heavy (non-hydrogen) atoms. The normalized spacial score (nSPS) is 11.2. The third kappa shape index (κ3) is 5.15. The van der Waals surface area contributed by atoms with E-state index >= 15 is 0 Å². The van der Waals surface area contributed by atoms with E-state index in [1.165, 1.54) is 23.9 Å². The number of ether oxygens (including phenoxy) is 1. The summed E-state index contributed by atoms with van der Waals surface area (Å²) in [4.78, 5) is 12.9. The third-order valence-corrected chi connectivity index (χ3v) is 3.51. The minimum absolute atomic E-state index is 0.152. The lowest BCUT2D eigenvalue weighted by Crippen LogP contribution is -2.17. The van der Waals surface area contributed by atoms with E-state index in [2.05, 4.69) is 4.74 Å². The van der Waals surface area contributed by atoms with Crippen LogP contribution in [0.5, 0.6) is 5.75 Å². The van der Waals surface area contributed by atoms with Gasteiger partial charge in [0.1, 0.15) is 5.75 Å². The van der Waals surface area contributed by atoms with Crippen LogP contribution in [-0.2, 0) is 0 Å². The number of thioether (sulfide) groups is 1. The Morgan fingerprint density at radius 1 is 1.05 bits per heavy atom. The van der Waals surface area contributed by atoms with Crippen LogP contribution in [0, 0.1) is 0 Å². The van der Waals surface area contributed by atoms with Crippen molar-refractivity contribution in [1.82, 2.24) is 0 Å². The molecule has 0 fully saturated rings. The number of hydrogen-bond acceptors (Lipinski definition) is 3. The van der Waals surface area contributed by atoms with Crippen LogP contribution in [0.1, 0.15) is 10.4 Å². The van der Waals surface area contributed by atoms with E-state index in [0.29, 0.717) is 0 Å². The third-order valence-electron chi connectivity index (χ3n) is 2.50. The molecule has 2 aromatic carbocycles. The number of Topliss-reactive ketones (excluding diaryl/α,β-unsaturated/α-hetero) is 1. The maximum atomic E-state index is 12.1. The standard InChI is InChI=1S/C15H11F3O2S/c16-15(17,18)20-12-6-4-5-11(9-12)14(19)10-21-13-7-2-1-3-8-13/h1-9H,10H2. The molecule has 2 rings (SSSR count). The Morgan fingerprint density at radius 2 is 1.76 bits per heavy atom. The molecule has 0 saturated heterocycles. The van der Waals surface area contributed by atoms with Crippen molar-refractivity contribution >= 4 is 17.5 Å². The van der Waals surface area contributed by atoms with Crippen molar-refractivity contribution in [3.8, 4) is 5.75 Å². The van der Waals surface area contributed by atoms with E-state index in [-0.39, 0.29) is 17.1 Å². The number of alkyl halides is 3. The van der Waals surface area contributed by atoms with E-state index < -0.39 is 12.1 Å². The Hall–Kier alpha value is -1.95. The molecule has 0 unspecified atom stereocenters. The molecule has 110 valence electrons. The number of rotatable bonds is 5. The molecule has 0 aliphatic rings. The molecule has 0 aromatic heterocycles. The number of halogens is 3. The van der Waals surface area contributed by atoms with Gasteiger partial charge in [-0.3, -0.25) is 4.79 Å². The highest BCUT2D eigenvalue weighted by Gasteiger charge is 2.31. The summed E-state index contributed by atoms with van der Waals surface area (Å²) in [5.74, 6) is -0.492. The van der Waals surface area contributed by atoms with Gasteiger partial charge in [-0.1, -0.05) is 30.3 Å². The fraction of sp³-hybridized carbons (Fsp3) is 0.133. The van der Waals surface area contributed by atoms with Crippen LogP contribution in [0.3, 0.4) is 0 Å². The van der Waals surface area contributed by atoms with E-state index in [1.807, 2.05) is 30.3 Å². The van der Waals surface area contributed by atoms with Crippen LogP contribution in [0.15, 0.2) is 59.5 Å². The predicted octanol–water partition coefficient (Wildman–Crippen LogP) is 4.56. The van der Waals surface area contributed by atoms with Crippen molar-refractivity contribution in [2.45, 2.75) is 11.3 Å². The average Bonchev–Trinajstić information content (AvgIpc) is 2.44. The van der Waals surface area contributed by atoms with Gasteiger partial charge in [0.2, 0.25) is 0 Å². The predicted molar refractivity (Wildman–Crippen MR) is 74.6 cm³/mol. The van der Waals surface area contributed by atoms with E-state index in [9.17, 15) is 18.0 Å². The zero-order chi connectivity index (χ0) is 15.3. The maximum Gasteiger partial charge on any atom is 0.573 e. The van der Waals surface area contributed by atoms with E-state index in [1.54, 1.807) is 0 Å². The second-order valence-electron chi connectivity index (χ2n) is 4.10. The Balaban J connectivity index is 2.01. The first-order valence-electron chi connectivity index (χ1n) is 6.01. The molecular weight excluding hydrogens is 301 g/mol. The maximum absolute atomic E-state index is 12.1. The SMILES string of the molecule is O=C(CSc1ccccc1)c1cccc(OC(F)(F)F)c1. The number of carbonyl (C=O) groups is 1. The molecule has 0 aliphatic heterocycles. The molecule has 0 heterocycles. The molecule has 0 radical (unpaired) electrons. The van der Waals surface area contributed by atoms with Gasteiger partial charge in [0.15, 0.2) is 5.78 Å². The lowest BCUT2D eigenvalue weighted by Gasteiger charge is -2.09. The molecule has 0 amide bonds. The van der Waals surface area contributed by atoms with Gasteiger partial charge < -0.3 is 4.74 Å².